The lowest BCUT2D eigenvalue weighted by Gasteiger charge is -2.21. The zero-order chi connectivity index (χ0) is 23.1. The number of amides is 1. The highest BCUT2D eigenvalue weighted by molar-refractivity contribution is 7.15. The number of hydrogen-bond acceptors (Lipinski definition) is 6. The number of likely N-dealkylation sites (tertiary alicyclic amines) is 1. The molecule has 5 rings (SSSR count). The maximum atomic E-state index is 13.7. The third-order valence-corrected chi connectivity index (χ3v) is 7.40. The van der Waals surface area contributed by atoms with Gasteiger partial charge < -0.3 is 9.42 Å². The number of carbonyl (C=O) groups is 1. The molecule has 1 unspecified atom stereocenters. The quantitative estimate of drug-likeness (QED) is 0.338. The van der Waals surface area contributed by atoms with E-state index < -0.39 is 0 Å². The van der Waals surface area contributed by atoms with Crippen LogP contribution in [0.3, 0.4) is 0 Å². The van der Waals surface area contributed by atoms with Crippen LogP contribution in [0.25, 0.3) is 21.8 Å². The minimum absolute atomic E-state index is 0.1000. The van der Waals surface area contributed by atoms with Crippen LogP contribution in [0.2, 0.25) is 5.02 Å². The summed E-state index contributed by atoms with van der Waals surface area (Å²) in [6.07, 6.45) is 1.64. The molecule has 1 fully saturated rings. The molecule has 2 aromatic heterocycles. The maximum Gasteiger partial charge on any atom is 0.274 e. The third-order valence-electron chi connectivity index (χ3n) is 5.97. The Labute approximate surface area is 201 Å². The minimum Gasteiger partial charge on any atom is -0.337 e. The SMILES string of the molecule is Cc1cccc(-c2sc(C)nc2C(=O)N2CCCC2c2nc(-c3cccc(Cl)c3C)no2)c1. The monoisotopic (exact) mass is 478 g/mol. The van der Waals surface area contributed by atoms with Crippen molar-refractivity contribution in [2.24, 2.45) is 0 Å². The van der Waals surface area contributed by atoms with Crippen molar-refractivity contribution in [3.63, 3.8) is 0 Å². The van der Waals surface area contributed by atoms with Gasteiger partial charge in [-0.3, -0.25) is 4.79 Å². The van der Waals surface area contributed by atoms with E-state index in [2.05, 4.69) is 21.2 Å². The number of carbonyl (C=O) groups excluding carboxylic acids is 1. The summed E-state index contributed by atoms with van der Waals surface area (Å²) in [5, 5.41) is 5.70. The number of aryl methyl sites for hydroxylation is 2. The fourth-order valence-corrected chi connectivity index (χ4v) is 5.37. The molecular weight excluding hydrogens is 456 g/mol. The first kappa shape index (κ1) is 21.8. The van der Waals surface area contributed by atoms with Gasteiger partial charge in [0.25, 0.3) is 5.91 Å². The molecule has 0 radical (unpaired) electrons. The molecule has 0 spiro atoms. The molecule has 168 valence electrons. The molecule has 6 nitrogen and oxygen atoms in total. The molecule has 0 N–H and O–H groups in total. The highest BCUT2D eigenvalue weighted by Crippen LogP contribution is 2.37. The summed E-state index contributed by atoms with van der Waals surface area (Å²) in [5.41, 5.74) is 4.36. The topological polar surface area (TPSA) is 72.1 Å². The lowest BCUT2D eigenvalue weighted by atomic mass is 10.1. The fourth-order valence-electron chi connectivity index (χ4n) is 4.29. The molecule has 3 heterocycles. The normalized spacial score (nSPS) is 15.9. The van der Waals surface area contributed by atoms with E-state index in [0.29, 0.717) is 29.0 Å². The van der Waals surface area contributed by atoms with Crippen molar-refractivity contribution in [1.82, 2.24) is 20.0 Å². The number of nitrogens with zero attached hydrogens (tertiary/aromatic N) is 4. The molecule has 1 aliphatic heterocycles. The molecule has 4 aromatic rings. The predicted molar refractivity (Wildman–Crippen MR) is 130 cm³/mol. The van der Waals surface area contributed by atoms with Gasteiger partial charge in [0, 0.05) is 17.1 Å². The molecule has 1 saturated heterocycles. The Kier molecular flexibility index (Phi) is 5.76. The van der Waals surface area contributed by atoms with Crippen molar-refractivity contribution in [1.29, 1.82) is 0 Å². The number of thiazole rings is 1. The van der Waals surface area contributed by atoms with Crippen molar-refractivity contribution in [3.05, 3.63) is 75.2 Å². The van der Waals surface area contributed by atoms with Crippen LogP contribution in [-0.2, 0) is 0 Å². The summed E-state index contributed by atoms with van der Waals surface area (Å²) < 4.78 is 5.63. The van der Waals surface area contributed by atoms with Crippen LogP contribution >= 0.6 is 22.9 Å². The van der Waals surface area contributed by atoms with Crippen LogP contribution in [0.15, 0.2) is 47.0 Å². The molecule has 1 aliphatic rings. The van der Waals surface area contributed by atoms with Gasteiger partial charge in [-0.1, -0.05) is 58.7 Å². The molecule has 0 bridgehead atoms. The molecule has 8 heteroatoms. The average molecular weight is 479 g/mol. The third kappa shape index (κ3) is 4.07. The largest absolute Gasteiger partial charge is 0.337 e. The zero-order valence-electron chi connectivity index (χ0n) is 18.6. The van der Waals surface area contributed by atoms with Crippen molar-refractivity contribution < 1.29 is 9.32 Å². The van der Waals surface area contributed by atoms with Gasteiger partial charge >= 0.3 is 0 Å². The zero-order valence-corrected chi connectivity index (χ0v) is 20.2. The van der Waals surface area contributed by atoms with Gasteiger partial charge in [-0.15, -0.1) is 11.3 Å². The van der Waals surface area contributed by atoms with Gasteiger partial charge in [-0.25, -0.2) is 4.98 Å². The van der Waals surface area contributed by atoms with E-state index in [0.717, 1.165) is 45.0 Å². The second-order valence-electron chi connectivity index (χ2n) is 8.31. The second-order valence-corrected chi connectivity index (χ2v) is 9.92. The van der Waals surface area contributed by atoms with Crippen LogP contribution < -0.4 is 0 Å². The summed E-state index contributed by atoms with van der Waals surface area (Å²) >= 11 is 7.80. The van der Waals surface area contributed by atoms with E-state index in [1.165, 1.54) is 0 Å². The van der Waals surface area contributed by atoms with Gasteiger partial charge in [0.15, 0.2) is 0 Å². The van der Waals surface area contributed by atoms with Crippen LogP contribution in [0.5, 0.6) is 0 Å². The minimum atomic E-state index is -0.273. The smallest absolute Gasteiger partial charge is 0.274 e. The lowest BCUT2D eigenvalue weighted by molar-refractivity contribution is 0.0705. The van der Waals surface area contributed by atoms with Crippen LogP contribution in [0.1, 0.15) is 51.4 Å². The molecular formula is C25H23ClN4O2S. The van der Waals surface area contributed by atoms with E-state index in [1.54, 1.807) is 11.3 Å². The van der Waals surface area contributed by atoms with E-state index in [1.807, 2.05) is 62.1 Å². The maximum absolute atomic E-state index is 13.7. The van der Waals surface area contributed by atoms with Crippen LogP contribution in [-0.4, -0.2) is 32.5 Å². The summed E-state index contributed by atoms with van der Waals surface area (Å²) in [6.45, 7) is 6.53. The number of hydrogen-bond donors (Lipinski definition) is 0. The molecule has 2 aromatic carbocycles. The predicted octanol–water partition coefficient (Wildman–Crippen LogP) is 6.42. The van der Waals surface area contributed by atoms with E-state index >= 15 is 0 Å². The Bertz CT molecular complexity index is 1350. The van der Waals surface area contributed by atoms with E-state index in [9.17, 15) is 4.79 Å². The van der Waals surface area contributed by atoms with Gasteiger partial charge in [0.05, 0.1) is 9.88 Å². The second kappa shape index (κ2) is 8.72. The Morgan fingerprint density at radius 3 is 2.79 bits per heavy atom. The van der Waals surface area contributed by atoms with Crippen molar-refractivity contribution in [3.8, 4) is 21.8 Å². The van der Waals surface area contributed by atoms with Gasteiger partial charge in [-0.05, 0) is 50.8 Å². The first-order valence-corrected chi connectivity index (χ1v) is 12.1. The Hall–Kier alpha value is -3.03. The molecule has 33 heavy (non-hydrogen) atoms. The fraction of sp³-hybridized carbons (Fsp3) is 0.280. The van der Waals surface area contributed by atoms with Gasteiger partial charge in [0.2, 0.25) is 11.7 Å². The van der Waals surface area contributed by atoms with Crippen LogP contribution in [0, 0.1) is 20.8 Å². The molecule has 0 saturated carbocycles. The Morgan fingerprint density at radius 2 is 1.97 bits per heavy atom. The number of aromatic nitrogens is 3. The van der Waals surface area contributed by atoms with Crippen LogP contribution in [0.4, 0.5) is 0 Å². The summed E-state index contributed by atoms with van der Waals surface area (Å²) in [7, 11) is 0. The summed E-state index contributed by atoms with van der Waals surface area (Å²) in [4.78, 5) is 25.6. The van der Waals surface area contributed by atoms with Crippen molar-refractivity contribution >= 4 is 28.8 Å². The molecule has 1 amide bonds. The number of rotatable bonds is 4. The standard InChI is InChI=1S/C25H23ClN4O2S/c1-14-7-4-8-17(13-14)22-21(27-16(3)33-22)25(31)30-12-6-11-20(30)24-28-23(29-32-24)18-9-5-10-19(26)15(18)2/h4-5,7-10,13,20H,6,11-12H2,1-3H3. The molecule has 0 aliphatic carbocycles. The van der Waals surface area contributed by atoms with E-state index in [4.69, 9.17) is 16.1 Å². The average Bonchev–Trinajstić information content (AvgIpc) is 3.54. The first-order valence-electron chi connectivity index (χ1n) is 10.9. The number of halogens is 1. The highest BCUT2D eigenvalue weighted by atomic mass is 35.5. The van der Waals surface area contributed by atoms with Gasteiger partial charge in [-0.2, -0.15) is 4.98 Å². The van der Waals surface area contributed by atoms with Gasteiger partial charge in [0.1, 0.15) is 11.7 Å². The number of benzene rings is 2. The van der Waals surface area contributed by atoms with Crippen molar-refractivity contribution in [2.45, 2.75) is 39.7 Å². The van der Waals surface area contributed by atoms with Crippen molar-refractivity contribution in [2.75, 3.05) is 6.54 Å². The van der Waals surface area contributed by atoms with E-state index in [-0.39, 0.29) is 11.9 Å². The molecule has 1 atom stereocenters. The Balaban J connectivity index is 1.47. The lowest BCUT2D eigenvalue weighted by Crippen LogP contribution is -2.31. The summed E-state index contributed by atoms with van der Waals surface area (Å²) in [5.74, 6) is 0.825. The summed E-state index contributed by atoms with van der Waals surface area (Å²) in [6, 6.07) is 13.5. The Morgan fingerprint density at radius 1 is 1.15 bits per heavy atom. The first-order chi connectivity index (χ1) is 15.9. The highest BCUT2D eigenvalue weighted by Gasteiger charge is 2.36.